The number of rotatable bonds is 3. The van der Waals surface area contributed by atoms with Gasteiger partial charge in [-0.3, -0.25) is 9.59 Å². The van der Waals surface area contributed by atoms with Crippen molar-refractivity contribution in [2.45, 2.75) is 89.1 Å². The molecule has 1 saturated carbocycles. The average Bonchev–Trinajstić information content (AvgIpc) is 3.10. The van der Waals surface area contributed by atoms with Crippen LogP contribution in [0.2, 0.25) is 5.02 Å². The molecule has 1 saturated heterocycles. The van der Waals surface area contributed by atoms with Gasteiger partial charge < -0.3 is 19.3 Å². The molecule has 1 N–H and O–H groups in total. The number of benzene rings is 2. The predicted octanol–water partition coefficient (Wildman–Crippen LogP) is 6.77. The molecule has 278 valence electrons. The van der Waals surface area contributed by atoms with E-state index in [9.17, 15) is 26.8 Å². The largest absolute Gasteiger partial charge is 0.487 e. The first kappa shape index (κ1) is 37.5. The van der Waals surface area contributed by atoms with Crippen molar-refractivity contribution in [1.82, 2.24) is 9.62 Å². The number of nitrogens with zero attached hydrogens (tertiary/aromatic N) is 2. The van der Waals surface area contributed by atoms with E-state index in [0.717, 1.165) is 43.2 Å². The predicted molar refractivity (Wildman–Crippen MR) is 193 cm³/mol. The third-order valence-corrected chi connectivity index (χ3v) is 13.3. The molecule has 3 aliphatic heterocycles. The molecule has 9 nitrogen and oxygen atoms in total. The molecule has 2 fully saturated rings. The molecule has 1 aliphatic carbocycles. The third kappa shape index (κ3) is 9.06. The number of piperidine rings is 1. The quantitative estimate of drug-likeness (QED) is 0.346. The molecule has 0 aromatic heterocycles. The maximum atomic E-state index is 13.8. The first-order valence-electron chi connectivity index (χ1n) is 18.1. The molecule has 0 spiro atoms. The number of amides is 2. The van der Waals surface area contributed by atoms with Gasteiger partial charge in [-0.2, -0.15) is 0 Å². The van der Waals surface area contributed by atoms with E-state index in [2.05, 4.69) is 9.62 Å². The van der Waals surface area contributed by atoms with Crippen molar-refractivity contribution in [3.63, 3.8) is 0 Å². The molecule has 6 rings (SSSR count). The molecular weight excluding hydrogens is 700 g/mol. The third-order valence-electron chi connectivity index (χ3n) is 11.2. The monoisotopic (exact) mass is 747 g/mol. The number of carbonyl (C=O) groups excluding carboxylic acids is 2. The summed E-state index contributed by atoms with van der Waals surface area (Å²) in [4.78, 5) is 30.2. The molecule has 5 atom stereocenters. The summed E-state index contributed by atoms with van der Waals surface area (Å²) in [5.74, 6) is -3.23. The SMILES string of the molecule is C[C@@H]1[C@@H](C)C/C=C/[C@H](OCC(=O)N2CCC(F)(F)CC2)[C@@H]2CC[C@H]2CN2CCCCc3cc(Cl)ccc3COc3ccc(cc32)C(=O)NS1(=O)=O. The van der Waals surface area contributed by atoms with Crippen LogP contribution >= 0.6 is 11.6 Å². The van der Waals surface area contributed by atoms with E-state index in [-0.39, 0.29) is 61.8 Å². The van der Waals surface area contributed by atoms with Gasteiger partial charge in [0.25, 0.3) is 11.8 Å². The Labute approximate surface area is 304 Å². The minimum absolute atomic E-state index is 0.00127. The van der Waals surface area contributed by atoms with Gasteiger partial charge in [0, 0.05) is 49.6 Å². The number of ether oxygens (including phenoxy) is 2. The van der Waals surface area contributed by atoms with E-state index in [1.807, 2.05) is 37.3 Å². The minimum Gasteiger partial charge on any atom is -0.487 e. The Hall–Kier alpha value is -3.22. The number of nitrogens with one attached hydrogen (secondary N) is 1. The number of fused-ring (bicyclic) bond motifs is 3. The van der Waals surface area contributed by atoms with Crippen LogP contribution in [0.25, 0.3) is 0 Å². The molecule has 0 radical (unpaired) electrons. The number of aryl methyl sites for hydroxylation is 1. The Morgan fingerprint density at radius 3 is 2.59 bits per heavy atom. The van der Waals surface area contributed by atoms with E-state index in [4.69, 9.17) is 21.1 Å². The van der Waals surface area contributed by atoms with Crippen LogP contribution < -0.4 is 14.4 Å². The maximum Gasteiger partial charge on any atom is 0.264 e. The molecule has 51 heavy (non-hydrogen) atoms. The van der Waals surface area contributed by atoms with Crippen LogP contribution in [0, 0.1) is 17.8 Å². The van der Waals surface area contributed by atoms with Crippen LogP contribution in [0.15, 0.2) is 48.6 Å². The average molecular weight is 748 g/mol. The van der Waals surface area contributed by atoms with Crippen molar-refractivity contribution in [3.8, 4) is 5.75 Å². The van der Waals surface area contributed by atoms with Crippen molar-refractivity contribution < 1.29 is 36.3 Å². The van der Waals surface area contributed by atoms with Gasteiger partial charge in [0.1, 0.15) is 19.0 Å². The van der Waals surface area contributed by atoms with Crippen LogP contribution in [-0.2, 0) is 32.6 Å². The highest BCUT2D eigenvalue weighted by molar-refractivity contribution is 7.90. The molecule has 0 unspecified atom stereocenters. The molecule has 2 aromatic carbocycles. The second-order valence-electron chi connectivity index (χ2n) is 14.6. The summed E-state index contributed by atoms with van der Waals surface area (Å²) in [6.45, 7) is 4.80. The first-order chi connectivity index (χ1) is 24.3. The lowest BCUT2D eigenvalue weighted by molar-refractivity contribution is -0.145. The van der Waals surface area contributed by atoms with E-state index in [1.54, 1.807) is 25.1 Å². The highest BCUT2D eigenvalue weighted by Crippen LogP contribution is 2.42. The summed E-state index contributed by atoms with van der Waals surface area (Å²) in [6.07, 6.45) is 7.53. The van der Waals surface area contributed by atoms with Gasteiger partial charge in [-0.1, -0.05) is 36.7 Å². The highest BCUT2D eigenvalue weighted by Gasteiger charge is 2.40. The van der Waals surface area contributed by atoms with E-state index in [0.29, 0.717) is 42.6 Å². The van der Waals surface area contributed by atoms with Gasteiger partial charge in [-0.25, -0.2) is 21.9 Å². The van der Waals surface area contributed by atoms with Crippen LogP contribution in [0.1, 0.15) is 80.3 Å². The molecule has 13 heteroatoms. The maximum absolute atomic E-state index is 13.8. The smallest absolute Gasteiger partial charge is 0.264 e. The van der Waals surface area contributed by atoms with Gasteiger partial charge >= 0.3 is 0 Å². The Morgan fingerprint density at radius 1 is 1.06 bits per heavy atom. The number of hydrogen-bond acceptors (Lipinski definition) is 7. The van der Waals surface area contributed by atoms with Gasteiger partial charge in [0.05, 0.1) is 17.0 Å². The number of halogens is 3. The fourth-order valence-electron chi connectivity index (χ4n) is 7.49. The van der Waals surface area contributed by atoms with E-state index < -0.39 is 33.2 Å². The van der Waals surface area contributed by atoms with Crippen LogP contribution in [0.5, 0.6) is 5.75 Å². The summed E-state index contributed by atoms with van der Waals surface area (Å²) >= 11 is 6.34. The number of carbonyl (C=O) groups is 2. The van der Waals surface area contributed by atoms with Gasteiger partial charge in [-0.05, 0) is 105 Å². The van der Waals surface area contributed by atoms with E-state index >= 15 is 0 Å². The number of likely N-dealkylation sites (tertiary alicyclic amines) is 1. The second kappa shape index (κ2) is 15.8. The molecule has 2 aromatic rings. The molecule has 4 aliphatic rings. The lowest BCUT2D eigenvalue weighted by atomic mass is 9.70. The zero-order valence-electron chi connectivity index (χ0n) is 29.3. The van der Waals surface area contributed by atoms with Crippen LogP contribution in [0.3, 0.4) is 0 Å². The Bertz CT molecular complexity index is 1730. The number of alkyl halides is 2. The summed E-state index contributed by atoms with van der Waals surface area (Å²) < 4.78 is 69.3. The van der Waals surface area contributed by atoms with Crippen molar-refractivity contribution in [3.05, 3.63) is 70.3 Å². The number of hydrogen-bond donors (Lipinski definition) is 1. The summed E-state index contributed by atoms with van der Waals surface area (Å²) in [6, 6.07) is 10.9. The number of sulfonamides is 1. The number of allylic oxidation sites excluding steroid dienone is 1. The second-order valence-corrected chi connectivity index (χ2v) is 17.1. The van der Waals surface area contributed by atoms with Gasteiger partial charge in [-0.15, -0.1) is 0 Å². The molecule has 2 amide bonds. The van der Waals surface area contributed by atoms with Gasteiger partial charge in [0.15, 0.2) is 0 Å². The molecule has 2 bridgehead atoms. The summed E-state index contributed by atoms with van der Waals surface area (Å²) in [5, 5.41) is -0.202. The van der Waals surface area contributed by atoms with Crippen molar-refractivity contribution in [1.29, 1.82) is 0 Å². The minimum atomic E-state index is -4.02. The van der Waals surface area contributed by atoms with Gasteiger partial charge in [0.2, 0.25) is 15.9 Å². The highest BCUT2D eigenvalue weighted by atomic mass is 35.5. The van der Waals surface area contributed by atoms with Crippen LogP contribution in [0.4, 0.5) is 14.5 Å². The normalized spacial score (nSPS) is 28.8. The lowest BCUT2D eigenvalue weighted by Crippen LogP contribution is -2.47. The first-order valence-corrected chi connectivity index (χ1v) is 20.0. The Kier molecular flexibility index (Phi) is 11.6. The zero-order chi connectivity index (χ0) is 36.3. The summed E-state index contributed by atoms with van der Waals surface area (Å²) in [5.41, 5.74) is 3.09. The fraction of sp³-hybridized carbons (Fsp3) is 0.579. The molecular formula is C38H48ClF2N3O6S. The summed E-state index contributed by atoms with van der Waals surface area (Å²) in [7, 11) is -4.02. The van der Waals surface area contributed by atoms with Crippen molar-refractivity contribution >= 4 is 39.1 Å². The molecule has 3 heterocycles. The van der Waals surface area contributed by atoms with E-state index in [1.165, 1.54) is 4.90 Å². The Balaban J connectivity index is 1.30. The Morgan fingerprint density at radius 2 is 1.84 bits per heavy atom. The lowest BCUT2D eigenvalue weighted by Gasteiger charge is -2.44. The topological polar surface area (TPSA) is 105 Å². The van der Waals surface area contributed by atoms with Crippen molar-refractivity contribution in [2.75, 3.05) is 37.7 Å². The standard InChI is InChI=1S/C38H48ClF2N3O6S/c1-25-6-5-8-34(50-24-36(45)43-18-15-38(40,41)16-19-43)32-13-10-29(32)22-44-17-4-3-7-27-20-31(39)12-9-30(27)23-49-35-14-11-28(21-33(35)44)37(46)42-51(47,48)26(25)2/h5,8-9,11-12,14,20-21,25-26,29,32,34H,3-4,6-7,10,13,15-19,22-24H2,1-2H3,(H,42,46)/b8-5+/t25-,26+,29-,32+,34-/m0/s1. The zero-order valence-corrected chi connectivity index (χ0v) is 30.9. The van der Waals surface area contributed by atoms with Crippen LogP contribution in [-0.4, -0.2) is 75.2 Å². The van der Waals surface area contributed by atoms with Crippen molar-refractivity contribution in [2.24, 2.45) is 17.8 Å². The number of anilines is 1. The fourth-order valence-corrected chi connectivity index (χ4v) is 8.97.